The molecule has 0 heterocycles. The molecule has 0 spiro atoms. The Labute approximate surface area is 139 Å². The summed E-state index contributed by atoms with van der Waals surface area (Å²) >= 11 is 0. The lowest BCUT2D eigenvalue weighted by Gasteiger charge is -2.23. The van der Waals surface area contributed by atoms with Crippen LogP contribution >= 0.6 is 0 Å². The fourth-order valence-corrected chi connectivity index (χ4v) is 2.86. The van der Waals surface area contributed by atoms with Crippen molar-refractivity contribution in [2.24, 2.45) is 5.92 Å². The van der Waals surface area contributed by atoms with Gasteiger partial charge in [-0.3, -0.25) is 0 Å². The van der Waals surface area contributed by atoms with Gasteiger partial charge < -0.3 is 4.90 Å². The summed E-state index contributed by atoms with van der Waals surface area (Å²) < 4.78 is 0. The first-order valence-electron chi connectivity index (χ1n) is 9.08. The van der Waals surface area contributed by atoms with Gasteiger partial charge in [-0.25, -0.2) is 0 Å². The van der Waals surface area contributed by atoms with E-state index in [2.05, 4.69) is 58.6 Å². The molecule has 0 aromatic carbocycles. The van der Waals surface area contributed by atoms with Crippen LogP contribution in [0.1, 0.15) is 59.8 Å². The van der Waals surface area contributed by atoms with Crippen LogP contribution in [0.3, 0.4) is 0 Å². The van der Waals surface area contributed by atoms with E-state index in [4.69, 9.17) is 0 Å². The quantitative estimate of drug-likeness (QED) is 0.405. The zero-order valence-corrected chi connectivity index (χ0v) is 15.3. The molecule has 1 nitrogen and oxygen atoms in total. The number of hydrogen-bond donors (Lipinski definition) is 0. The largest absolute Gasteiger partial charge is 0.304 e. The monoisotopic (exact) mass is 300 g/mol. The van der Waals surface area contributed by atoms with Crippen molar-refractivity contribution < 1.29 is 0 Å². The molecular formula is C20H35BN. The standard InChI is InChI=1S/C20H35BN/c1-6-22(14-12-19(5)17(2)3)15-13-21-20-11-9-7-8-10-18(4)16-20/h10-11,19H,2,6-9,12-16H2,1,3-5H3/b18-10-,20-11+. The lowest BCUT2D eigenvalue weighted by atomic mass is 9.63. The summed E-state index contributed by atoms with van der Waals surface area (Å²) in [5.74, 6) is 0.638. The molecule has 123 valence electrons. The minimum absolute atomic E-state index is 0.638. The lowest BCUT2D eigenvalue weighted by molar-refractivity contribution is 0.286. The van der Waals surface area contributed by atoms with Crippen molar-refractivity contribution in [2.75, 3.05) is 19.6 Å². The predicted octanol–water partition coefficient (Wildman–Crippen LogP) is 5.44. The second kappa shape index (κ2) is 10.9. The summed E-state index contributed by atoms with van der Waals surface area (Å²) in [6.45, 7) is 16.6. The predicted molar refractivity (Wildman–Crippen MR) is 102 cm³/mol. The average molecular weight is 300 g/mol. The van der Waals surface area contributed by atoms with Gasteiger partial charge in [0.15, 0.2) is 0 Å². The lowest BCUT2D eigenvalue weighted by Crippen LogP contribution is -2.27. The summed E-state index contributed by atoms with van der Waals surface area (Å²) in [6, 6.07) is 0. The van der Waals surface area contributed by atoms with Crippen molar-refractivity contribution in [2.45, 2.75) is 66.1 Å². The molecular weight excluding hydrogens is 265 g/mol. The van der Waals surface area contributed by atoms with E-state index in [1.807, 2.05) is 0 Å². The summed E-state index contributed by atoms with van der Waals surface area (Å²) in [7, 11) is 2.47. The van der Waals surface area contributed by atoms with Crippen molar-refractivity contribution >= 4 is 7.28 Å². The van der Waals surface area contributed by atoms with E-state index in [0.29, 0.717) is 5.92 Å². The van der Waals surface area contributed by atoms with Gasteiger partial charge in [0.1, 0.15) is 7.28 Å². The Morgan fingerprint density at radius 2 is 2.05 bits per heavy atom. The van der Waals surface area contributed by atoms with Crippen molar-refractivity contribution in [1.82, 2.24) is 4.90 Å². The third-order valence-electron chi connectivity index (χ3n) is 4.81. The van der Waals surface area contributed by atoms with E-state index in [-0.39, 0.29) is 0 Å². The smallest absolute Gasteiger partial charge is 0.147 e. The van der Waals surface area contributed by atoms with E-state index in [0.717, 1.165) is 13.0 Å². The van der Waals surface area contributed by atoms with Crippen molar-refractivity contribution in [1.29, 1.82) is 0 Å². The molecule has 0 bridgehead atoms. The van der Waals surface area contributed by atoms with Gasteiger partial charge in [-0.1, -0.05) is 50.0 Å². The Morgan fingerprint density at radius 1 is 1.32 bits per heavy atom. The van der Waals surface area contributed by atoms with Crippen LogP contribution in [-0.4, -0.2) is 31.8 Å². The van der Waals surface area contributed by atoms with Gasteiger partial charge >= 0.3 is 0 Å². The summed E-state index contributed by atoms with van der Waals surface area (Å²) in [4.78, 5) is 2.57. The van der Waals surface area contributed by atoms with Gasteiger partial charge in [-0.2, -0.15) is 0 Å². The van der Waals surface area contributed by atoms with E-state index < -0.39 is 0 Å². The SMILES string of the molecule is C=C(C)C(C)CCN(CC)CC[B]/C1=C/CCC/C=C(/C)C1. The molecule has 0 saturated heterocycles. The Bertz CT molecular complexity index is 395. The van der Waals surface area contributed by atoms with E-state index in [1.54, 1.807) is 5.47 Å². The van der Waals surface area contributed by atoms with Crippen LogP contribution in [0.25, 0.3) is 0 Å². The minimum Gasteiger partial charge on any atom is -0.304 e. The molecule has 0 amide bonds. The first-order valence-corrected chi connectivity index (χ1v) is 9.08. The van der Waals surface area contributed by atoms with Crippen LogP contribution < -0.4 is 0 Å². The van der Waals surface area contributed by atoms with E-state index in [9.17, 15) is 0 Å². The van der Waals surface area contributed by atoms with Crippen LogP contribution in [-0.2, 0) is 0 Å². The highest BCUT2D eigenvalue weighted by Gasteiger charge is 2.09. The fourth-order valence-electron chi connectivity index (χ4n) is 2.86. The van der Waals surface area contributed by atoms with Crippen LogP contribution in [0.2, 0.25) is 6.32 Å². The zero-order valence-electron chi connectivity index (χ0n) is 15.3. The molecule has 1 rings (SSSR count). The maximum absolute atomic E-state index is 4.07. The van der Waals surface area contributed by atoms with Crippen molar-refractivity contribution in [3.63, 3.8) is 0 Å². The number of hydrogen-bond acceptors (Lipinski definition) is 1. The molecule has 2 heteroatoms. The molecule has 1 aliphatic carbocycles. The first kappa shape index (κ1) is 19.3. The second-order valence-corrected chi connectivity index (χ2v) is 6.90. The molecule has 0 N–H and O–H groups in total. The Kier molecular flexibility index (Phi) is 9.55. The molecule has 1 aliphatic rings. The van der Waals surface area contributed by atoms with Gasteiger partial charge in [-0.05, 0) is 71.5 Å². The van der Waals surface area contributed by atoms with Crippen LogP contribution in [0.15, 0.2) is 35.3 Å². The molecule has 0 fully saturated rings. The highest BCUT2D eigenvalue weighted by Crippen LogP contribution is 2.18. The Balaban J connectivity index is 2.31. The Morgan fingerprint density at radius 3 is 2.73 bits per heavy atom. The minimum atomic E-state index is 0.638. The first-order chi connectivity index (χ1) is 10.5. The number of allylic oxidation sites excluding steroid dienone is 5. The van der Waals surface area contributed by atoms with Gasteiger partial charge in [0, 0.05) is 0 Å². The third-order valence-corrected chi connectivity index (χ3v) is 4.81. The van der Waals surface area contributed by atoms with Crippen LogP contribution in [0, 0.1) is 5.92 Å². The molecule has 22 heavy (non-hydrogen) atoms. The Hall–Kier alpha value is -0.755. The van der Waals surface area contributed by atoms with Gasteiger partial charge in [-0.15, -0.1) is 5.47 Å². The average Bonchev–Trinajstić information content (AvgIpc) is 2.46. The highest BCUT2D eigenvalue weighted by molar-refractivity contribution is 6.45. The molecule has 0 saturated carbocycles. The molecule has 0 aromatic rings. The summed E-state index contributed by atoms with van der Waals surface area (Å²) in [6.07, 6.45) is 12.2. The normalized spacial score (nSPS) is 22.0. The van der Waals surface area contributed by atoms with Gasteiger partial charge in [0.2, 0.25) is 0 Å². The summed E-state index contributed by atoms with van der Waals surface area (Å²) in [5, 5.41) is 0. The third kappa shape index (κ3) is 8.03. The number of rotatable bonds is 9. The van der Waals surface area contributed by atoms with Crippen LogP contribution in [0.5, 0.6) is 0 Å². The van der Waals surface area contributed by atoms with Crippen molar-refractivity contribution in [3.05, 3.63) is 35.3 Å². The molecule has 1 radical (unpaired) electrons. The topological polar surface area (TPSA) is 3.24 Å². The number of nitrogens with zero attached hydrogens (tertiary/aromatic N) is 1. The molecule has 0 aliphatic heterocycles. The fraction of sp³-hybridized carbons (Fsp3) is 0.700. The van der Waals surface area contributed by atoms with E-state index >= 15 is 0 Å². The maximum atomic E-state index is 4.07. The van der Waals surface area contributed by atoms with Gasteiger partial charge in [0.25, 0.3) is 0 Å². The maximum Gasteiger partial charge on any atom is 0.147 e. The summed E-state index contributed by atoms with van der Waals surface area (Å²) in [5.41, 5.74) is 4.38. The molecule has 1 unspecified atom stereocenters. The van der Waals surface area contributed by atoms with Gasteiger partial charge in [0.05, 0.1) is 0 Å². The van der Waals surface area contributed by atoms with E-state index in [1.165, 1.54) is 56.2 Å². The van der Waals surface area contributed by atoms with Crippen LogP contribution in [0.4, 0.5) is 0 Å². The highest BCUT2D eigenvalue weighted by atomic mass is 15.1. The van der Waals surface area contributed by atoms with Crippen molar-refractivity contribution in [3.8, 4) is 0 Å². The second-order valence-electron chi connectivity index (χ2n) is 6.90. The molecule has 0 aromatic heterocycles. The molecule has 1 atom stereocenters. The zero-order chi connectivity index (χ0) is 16.4.